The molecule has 0 saturated carbocycles. The molecule has 2 aliphatic rings. The van der Waals surface area contributed by atoms with Gasteiger partial charge in [-0.15, -0.1) is 0 Å². The Morgan fingerprint density at radius 1 is 1.11 bits per heavy atom. The molecule has 0 N–H and O–H groups in total. The van der Waals surface area contributed by atoms with Crippen LogP contribution >= 0.6 is 23.2 Å². The van der Waals surface area contributed by atoms with Crippen LogP contribution in [0.2, 0.25) is 10.0 Å². The van der Waals surface area contributed by atoms with Gasteiger partial charge in [0.1, 0.15) is 0 Å². The van der Waals surface area contributed by atoms with Gasteiger partial charge in [0.2, 0.25) is 5.91 Å². The zero-order chi connectivity index (χ0) is 19.9. The Kier molecular flexibility index (Phi) is 5.11. The fourth-order valence-electron chi connectivity index (χ4n) is 4.40. The lowest BCUT2D eigenvalue weighted by Crippen LogP contribution is -2.38. The third-order valence-electron chi connectivity index (χ3n) is 5.99. The van der Waals surface area contributed by atoms with Crippen LogP contribution in [0.4, 0.5) is 0 Å². The highest BCUT2D eigenvalue weighted by Gasteiger charge is 2.48. The highest BCUT2D eigenvalue weighted by atomic mass is 35.5. The molecule has 2 aromatic carbocycles. The normalized spacial score (nSPS) is 21.1. The number of fused-ring (bicyclic) bond motifs is 1. The van der Waals surface area contributed by atoms with Crippen molar-refractivity contribution in [3.63, 3.8) is 0 Å². The molecule has 2 aromatic rings. The van der Waals surface area contributed by atoms with E-state index in [0.29, 0.717) is 28.6 Å². The lowest BCUT2D eigenvalue weighted by Gasteiger charge is -2.33. The number of esters is 1. The fraction of sp³-hybridized carbons (Fsp3) is 0.364. The zero-order valence-electron chi connectivity index (χ0n) is 15.6. The summed E-state index contributed by atoms with van der Waals surface area (Å²) in [7, 11) is 1.38. The number of benzene rings is 2. The smallest absolute Gasteiger partial charge is 0.337 e. The highest BCUT2D eigenvalue weighted by molar-refractivity contribution is 6.42. The first-order valence-electron chi connectivity index (χ1n) is 9.35. The molecule has 1 spiro atoms. The molecule has 6 heteroatoms. The first-order chi connectivity index (χ1) is 13.4. The molecule has 1 amide bonds. The van der Waals surface area contributed by atoms with Crippen LogP contribution in [-0.2, 0) is 28.9 Å². The number of hydrogen-bond acceptors (Lipinski definition) is 3. The van der Waals surface area contributed by atoms with Crippen molar-refractivity contribution >= 4 is 35.1 Å². The van der Waals surface area contributed by atoms with Gasteiger partial charge in [-0.1, -0.05) is 35.3 Å². The van der Waals surface area contributed by atoms with E-state index in [0.717, 1.165) is 36.9 Å². The quantitative estimate of drug-likeness (QED) is 0.680. The van der Waals surface area contributed by atoms with Crippen LogP contribution in [-0.4, -0.2) is 30.4 Å². The Morgan fingerprint density at radius 2 is 1.93 bits per heavy atom. The number of aryl methyl sites for hydroxylation is 1. The van der Waals surface area contributed by atoms with Gasteiger partial charge in [-0.25, -0.2) is 4.79 Å². The second kappa shape index (κ2) is 7.41. The minimum Gasteiger partial charge on any atom is -0.465 e. The highest BCUT2D eigenvalue weighted by Crippen LogP contribution is 2.44. The molecule has 28 heavy (non-hydrogen) atoms. The molecule has 1 heterocycles. The summed E-state index contributed by atoms with van der Waals surface area (Å²) in [5.74, 6) is -0.158. The first-order valence-corrected chi connectivity index (χ1v) is 10.1. The molecule has 1 aliphatic carbocycles. The summed E-state index contributed by atoms with van der Waals surface area (Å²) in [6, 6.07) is 11.2. The first kappa shape index (κ1) is 19.3. The molecule has 1 unspecified atom stereocenters. The third kappa shape index (κ3) is 3.40. The van der Waals surface area contributed by atoms with Crippen molar-refractivity contribution in [1.29, 1.82) is 0 Å². The molecule has 4 rings (SSSR count). The van der Waals surface area contributed by atoms with Crippen LogP contribution < -0.4 is 0 Å². The Morgan fingerprint density at radius 3 is 2.68 bits per heavy atom. The van der Waals surface area contributed by atoms with E-state index >= 15 is 0 Å². The summed E-state index contributed by atoms with van der Waals surface area (Å²) < 4.78 is 4.83. The summed E-state index contributed by atoms with van der Waals surface area (Å²) in [6.45, 7) is 1.26. The Bertz CT molecular complexity index is 959. The van der Waals surface area contributed by atoms with Crippen molar-refractivity contribution < 1.29 is 14.3 Å². The zero-order valence-corrected chi connectivity index (χ0v) is 17.1. The number of carbonyl (C=O) groups is 2. The SMILES string of the molecule is COC(=O)c1ccc2c(c1)CC1(CC2)CCN(Cc2ccc(Cl)c(Cl)c2)C1=O. The minimum absolute atomic E-state index is 0.188. The number of rotatable bonds is 3. The van der Waals surface area contributed by atoms with E-state index in [1.54, 1.807) is 12.1 Å². The van der Waals surface area contributed by atoms with Crippen LogP contribution in [0, 0.1) is 5.41 Å². The summed E-state index contributed by atoms with van der Waals surface area (Å²) in [5, 5.41) is 1.02. The topological polar surface area (TPSA) is 46.6 Å². The number of methoxy groups -OCH3 is 1. The molecule has 1 atom stereocenters. The molecular formula is C22H21Cl2NO3. The average Bonchev–Trinajstić information content (AvgIpc) is 2.99. The third-order valence-corrected chi connectivity index (χ3v) is 6.73. The molecular weight excluding hydrogens is 397 g/mol. The number of likely N-dealkylation sites (tertiary alicyclic amines) is 1. The monoisotopic (exact) mass is 417 g/mol. The lowest BCUT2D eigenvalue weighted by molar-refractivity contribution is -0.137. The van der Waals surface area contributed by atoms with Crippen LogP contribution in [0.3, 0.4) is 0 Å². The summed E-state index contributed by atoms with van der Waals surface area (Å²) in [5.41, 5.74) is 3.44. The van der Waals surface area contributed by atoms with E-state index in [-0.39, 0.29) is 17.3 Å². The van der Waals surface area contributed by atoms with Gasteiger partial charge in [0.05, 0.1) is 28.1 Å². The van der Waals surface area contributed by atoms with Gasteiger partial charge in [-0.2, -0.15) is 0 Å². The maximum absolute atomic E-state index is 13.3. The second-order valence-corrected chi connectivity index (χ2v) is 8.47. The van der Waals surface area contributed by atoms with E-state index in [4.69, 9.17) is 27.9 Å². The van der Waals surface area contributed by atoms with Crippen molar-refractivity contribution in [2.45, 2.75) is 32.2 Å². The van der Waals surface area contributed by atoms with Gasteiger partial charge in [-0.3, -0.25) is 4.79 Å². The van der Waals surface area contributed by atoms with Crippen LogP contribution in [0.5, 0.6) is 0 Å². The van der Waals surface area contributed by atoms with Crippen molar-refractivity contribution in [3.8, 4) is 0 Å². The van der Waals surface area contributed by atoms with Crippen molar-refractivity contribution in [2.24, 2.45) is 5.41 Å². The van der Waals surface area contributed by atoms with Gasteiger partial charge in [0, 0.05) is 13.1 Å². The van der Waals surface area contributed by atoms with Crippen LogP contribution in [0.1, 0.15) is 39.9 Å². The predicted molar refractivity (Wildman–Crippen MR) is 109 cm³/mol. The van der Waals surface area contributed by atoms with E-state index < -0.39 is 0 Å². The average molecular weight is 418 g/mol. The largest absolute Gasteiger partial charge is 0.465 e. The Balaban J connectivity index is 1.54. The van der Waals surface area contributed by atoms with Crippen LogP contribution in [0.15, 0.2) is 36.4 Å². The van der Waals surface area contributed by atoms with E-state index in [9.17, 15) is 9.59 Å². The molecule has 0 bridgehead atoms. The Labute approximate surface area is 174 Å². The van der Waals surface area contributed by atoms with Crippen molar-refractivity contribution in [2.75, 3.05) is 13.7 Å². The number of carbonyl (C=O) groups excluding carboxylic acids is 2. The maximum Gasteiger partial charge on any atom is 0.337 e. The maximum atomic E-state index is 13.3. The molecule has 0 aromatic heterocycles. The van der Waals surface area contributed by atoms with Gasteiger partial charge in [0.15, 0.2) is 0 Å². The second-order valence-electron chi connectivity index (χ2n) is 7.66. The number of nitrogens with zero attached hydrogens (tertiary/aromatic N) is 1. The van der Waals surface area contributed by atoms with Crippen molar-refractivity contribution in [1.82, 2.24) is 4.90 Å². The van der Waals surface area contributed by atoms with Gasteiger partial charge >= 0.3 is 5.97 Å². The molecule has 1 aliphatic heterocycles. The number of halogens is 2. The molecule has 146 valence electrons. The molecule has 4 nitrogen and oxygen atoms in total. The molecule has 1 saturated heterocycles. The standard InChI is InChI=1S/C22H21Cl2NO3/c1-28-20(26)16-4-3-15-6-7-22(12-17(15)11-16)8-9-25(21(22)27)13-14-2-5-18(23)19(24)10-14/h2-5,10-11H,6-9,12-13H2,1H3. The summed E-state index contributed by atoms with van der Waals surface area (Å²) >= 11 is 12.1. The van der Waals surface area contributed by atoms with E-state index in [1.807, 2.05) is 29.2 Å². The number of amides is 1. The predicted octanol–water partition coefficient (Wildman–Crippen LogP) is 4.69. The van der Waals surface area contributed by atoms with E-state index in [2.05, 4.69) is 0 Å². The van der Waals surface area contributed by atoms with E-state index in [1.165, 1.54) is 12.7 Å². The van der Waals surface area contributed by atoms with Crippen LogP contribution in [0.25, 0.3) is 0 Å². The number of ether oxygens (including phenoxy) is 1. The van der Waals surface area contributed by atoms with Gasteiger partial charge < -0.3 is 9.64 Å². The lowest BCUT2D eigenvalue weighted by atomic mass is 9.70. The fourth-order valence-corrected chi connectivity index (χ4v) is 4.72. The summed E-state index contributed by atoms with van der Waals surface area (Å²) in [6.07, 6.45) is 3.19. The molecule has 1 fully saturated rings. The van der Waals surface area contributed by atoms with Gasteiger partial charge in [0.25, 0.3) is 0 Å². The molecule has 0 radical (unpaired) electrons. The Hall–Kier alpha value is -2.04. The van der Waals surface area contributed by atoms with Crippen molar-refractivity contribution in [3.05, 3.63) is 68.7 Å². The minimum atomic E-state index is -0.377. The summed E-state index contributed by atoms with van der Waals surface area (Å²) in [4.78, 5) is 27.1. The number of hydrogen-bond donors (Lipinski definition) is 0. The van der Waals surface area contributed by atoms with Gasteiger partial charge in [-0.05, 0) is 66.6 Å².